The third-order valence-electron chi connectivity index (χ3n) is 2.35. The van der Waals surface area contributed by atoms with E-state index in [0.29, 0.717) is 4.73 Å². The summed E-state index contributed by atoms with van der Waals surface area (Å²) in [6, 6.07) is 0. The summed E-state index contributed by atoms with van der Waals surface area (Å²) in [5.74, 6) is 0. The van der Waals surface area contributed by atoms with E-state index in [1.165, 1.54) is 0 Å². The van der Waals surface area contributed by atoms with Crippen molar-refractivity contribution in [2.45, 2.75) is 17.6 Å². The average molecular weight is 275 g/mol. The number of aldehydes is 1. The normalized spacial score (nSPS) is 21.3. The Kier molecular flexibility index (Phi) is 5.98. The molecule has 1 saturated heterocycles. The van der Waals surface area contributed by atoms with Gasteiger partial charge >= 0.3 is 96.9 Å². The Morgan fingerprint density at radius 1 is 1.29 bits per heavy atom. The molecule has 82 valence electrons. The standard InChI is InChI=1S/C6H13N2.C2H3O.2ClH.Ti/c1-3-7-5-2-6-8-4-1;1-2-3;;;/h7H,1-6H2;2H,1H2;2*1H;/q-1;;;;+3/p-2. The zero-order valence-corrected chi connectivity index (χ0v) is 11.2. The van der Waals surface area contributed by atoms with Gasteiger partial charge in [0.25, 0.3) is 0 Å². The molecule has 6 heteroatoms. The van der Waals surface area contributed by atoms with Crippen LogP contribution in [0.1, 0.15) is 12.8 Å². The minimum atomic E-state index is -2.99. The molecule has 14 heavy (non-hydrogen) atoms. The first kappa shape index (κ1) is 13.0. The van der Waals surface area contributed by atoms with Gasteiger partial charge in [0.1, 0.15) is 0 Å². The zero-order valence-electron chi connectivity index (χ0n) is 8.14. The van der Waals surface area contributed by atoms with Crippen molar-refractivity contribution >= 4 is 24.9 Å². The van der Waals surface area contributed by atoms with E-state index in [2.05, 4.69) is 8.70 Å². The van der Waals surface area contributed by atoms with Crippen LogP contribution in [0.25, 0.3) is 0 Å². The summed E-state index contributed by atoms with van der Waals surface area (Å²) in [4.78, 5) is 10.5. The summed E-state index contributed by atoms with van der Waals surface area (Å²) in [5, 5.41) is 3.33. The monoisotopic (exact) mass is 274 g/mol. The van der Waals surface area contributed by atoms with E-state index in [4.69, 9.17) is 18.6 Å². The van der Waals surface area contributed by atoms with Crippen molar-refractivity contribution in [3.8, 4) is 0 Å². The Morgan fingerprint density at radius 2 is 1.86 bits per heavy atom. The van der Waals surface area contributed by atoms with Gasteiger partial charge in [-0.2, -0.15) is 0 Å². The predicted octanol–water partition coefficient (Wildman–Crippen LogP) is 1.67. The molecule has 1 aliphatic heterocycles. The second-order valence-electron chi connectivity index (χ2n) is 3.48. The fourth-order valence-corrected chi connectivity index (χ4v) is 5.73. The summed E-state index contributed by atoms with van der Waals surface area (Å²) in [6.45, 7) is 3.88. The third kappa shape index (κ3) is 4.17. The molecular formula is C8H16Cl2N2OTi. The van der Waals surface area contributed by atoms with Gasteiger partial charge in [0.05, 0.1) is 0 Å². The fourth-order valence-electron chi connectivity index (χ4n) is 1.58. The van der Waals surface area contributed by atoms with Crippen molar-refractivity contribution in [2.75, 3.05) is 26.2 Å². The molecule has 0 aliphatic carbocycles. The summed E-state index contributed by atoms with van der Waals surface area (Å²) >= 11 is -2.99. The number of carbonyl (C=O) groups is 1. The van der Waals surface area contributed by atoms with Gasteiger partial charge in [-0.05, 0) is 0 Å². The van der Waals surface area contributed by atoms with Gasteiger partial charge in [0.15, 0.2) is 0 Å². The third-order valence-corrected chi connectivity index (χ3v) is 8.77. The van der Waals surface area contributed by atoms with Crippen LogP contribution in [-0.4, -0.2) is 35.8 Å². The van der Waals surface area contributed by atoms with Gasteiger partial charge in [-0.25, -0.2) is 0 Å². The maximum atomic E-state index is 10.5. The van der Waals surface area contributed by atoms with Gasteiger partial charge in [0, 0.05) is 0 Å². The Morgan fingerprint density at radius 3 is 2.36 bits per heavy atom. The van der Waals surface area contributed by atoms with Crippen LogP contribution in [0.2, 0.25) is 4.73 Å². The molecule has 1 heterocycles. The molecule has 0 bridgehead atoms. The van der Waals surface area contributed by atoms with E-state index in [-0.39, 0.29) is 0 Å². The van der Waals surface area contributed by atoms with Gasteiger partial charge in [-0.3, -0.25) is 0 Å². The van der Waals surface area contributed by atoms with Crippen molar-refractivity contribution in [3.63, 3.8) is 0 Å². The van der Waals surface area contributed by atoms with Crippen LogP contribution < -0.4 is 5.32 Å². The van der Waals surface area contributed by atoms with Crippen LogP contribution in [0.3, 0.4) is 0 Å². The number of rotatable bonds is 3. The molecule has 1 N–H and O–H groups in total. The van der Waals surface area contributed by atoms with Gasteiger partial charge in [-0.15, -0.1) is 0 Å². The average Bonchev–Trinajstić information content (AvgIpc) is 2.01. The van der Waals surface area contributed by atoms with E-state index >= 15 is 0 Å². The Hall–Kier alpha value is 0.884. The maximum absolute atomic E-state index is 10.5. The Labute approximate surface area is 96.5 Å². The molecule has 1 fully saturated rings. The molecule has 3 nitrogen and oxygen atoms in total. The van der Waals surface area contributed by atoms with E-state index < -0.39 is 14.7 Å². The minimum absolute atomic E-state index is 0.358. The van der Waals surface area contributed by atoms with Crippen LogP contribution >= 0.6 is 18.6 Å². The van der Waals surface area contributed by atoms with Gasteiger partial charge < -0.3 is 0 Å². The number of hydrogen-bond acceptors (Lipinski definition) is 3. The van der Waals surface area contributed by atoms with Crippen molar-refractivity contribution in [2.24, 2.45) is 0 Å². The van der Waals surface area contributed by atoms with Crippen LogP contribution in [-0.2, 0) is 19.5 Å². The molecule has 0 amide bonds. The number of carbonyl (C=O) groups excluding carboxylic acids is 1. The molecule has 0 radical (unpaired) electrons. The Bertz CT molecular complexity index is 184. The number of hydrogen-bond donors (Lipinski definition) is 1. The number of nitrogens with zero attached hydrogens (tertiary/aromatic N) is 1. The summed E-state index contributed by atoms with van der Waals surface area (Å²) in [7, 11) is 12.5. The summed E-state index contributed by atoms with van der Waals surface area (Å²) < 4.78 is 2.52. The van der Waals surface area contributed by atoms with E-state index in [1.54, 1.807) is 0 Å². The van der Waals surface area contributed by atoms with Gasteiger partial charge in [0.2, 0.25) is 0 Å². The van der Waals surface area contributed by atoms with Crippen molar-refractivity contribution < 1.29 is 19.5 Å². The summed E-state index contributed by atoms with van der Waals surface area (Å²) in [5.41, 5.74) is 0. The number of nitrogens with one attached hydrogen (secondary N) is 1. The topological polar surface area (TPSA) is 32.3 Å². The molecule has 1 rings (SSSR count). The van der Waals surface area contributed by atoms with Crippen molar-refractivity contribution in [3.05, 3.63) is 0 Å². The molecule has 1 aliphatic rings. The molecule has 0 aromatic heterocycles. The first-order valence-electron chi connectivity index (χ1n) is 4.94. The first-order chi connectivity index (χ1) is 6.67. The van der Waals surface area contributed by atoms with Crippen LogP contribution in [0, 0.1) is 0 Å². The quantitative estimate of drug-likeness (QED) is 0.628. The van der Waals surface area contributed by atoms with E-state index in [0.717, 1.165) is 45.3 Å². The van der Waals surface area contributed by atoms with Gasteiger partial charge in [-0.1, -0.05) is 0 Å². The molecular weight excluding hydrogens is 259 g/mol. The van der Waals surface area contributed by atoms with E-state index in [9.17, 15) is 4.79 Å². The fraction of sp³-hybridized carbons (Fsp3) is 0.875. The summed E-state index contributed by atoms with van der Waals surface area (Å²) in [6.07, 6.45) is 2.98. The molecule has 0 spiro atoms. The van der Waals surface area contributed by atoms with Crippen molar-refractivity contribution in [1.29, 1.82) is 0 Å². The molecule has 0 atom stereocenters. The zero-order chi connectivity index (χ0) is 10.4. The molecule has 0 unspecified atom stereocenters. The van der Waals surface area contributed by atoms with Crippen molar-refractivity contribution in [1.82, 2.24) is 8.70 Å². The van der Waals surface area contributed by atoms with E-state index in [1.807, 2.05) is 0 Å². The molecule has 0 saturated carbocycles. The second kappa shape index (κ2) is 6.46. The molecule has 0 aromatic rings. The SMILES string of the molecule is O=C[CH2][Ti]([Cl])([Cl])[N]1CCCNCCC1. The van der Waals surface area contributed by atoms with Crippen LogP contribution in [0.15, 0.2) is 0 Å². The number of halogens is 2. The second-order valence-corrected chi connectivity index (χ2v) is 13.1. The van der Waals surface area contributed by atoms with Crippen LogP contribution in [0.5, 0.6) is 0 Å². The Balaban J connectivity index is 2.49. The molecule has 0 aromatic carbocycles. The predicted molar refractivity (Wildman–Crippen MR) is 56.3 cm³/mol. The van der Waals surface area contributed by atoms with Crippen LogP contribution in [0.4, 0.5) is 0 Å². The first-order valence-corrected chi connectivity index (χ1v) is 11.0.